The Morgan fingerprint density at radius 1 is 1.48 bits per heavy atom. The van der Waals surface area contributed by atoms with E-state index in [9.17, 15) is 4.79 Å². The molecule has 5 heteroatoms. The maximum atomic E-state index is 12.5. The van der Waals surface area contributed by atoms with E-state index in [0.717, 1.165) is 32.5 Å². The minimum atomic E-state index is 0.0463. The van der Waals surface area contributed by atoms with E-state index in [1.807, 2.05) is 4.90 Å². The molecular weight excluding hydrogens is 286 g/mol. The van der Waals surface area contributed by atoms with Gasteiger partial charge in [0.1, 0.15) is 5.82 Å². The standard InChI is InChI=1S/C16H24ClN3O/c1-3-5-12-6-8-20(11-12)16(21)13-9-14(17)15(19-10-13)18-7-4-2/h9-10,12H,3-8,11H2,1-2H3,(H,18,19). The van der Waals surface area contributed by atoms with Crippen molar-refractivity contribution in [1.29, 1.82) is 0 Å². The van der Waals surface area contributed by atoms with Gasteiger partial charge in [0.2, 0.25) is 0 Å². The lowest BCUT2D eigenvalue weighted by Crippen LogP contribution is -2.28. The number of anilines is 1. The fourth-order valence-corrected chi connectivity index (χ4v) is 3.01. The Morgan fingerprint density at radius 3 is 2.95 bits per heavy atom. The van der Waals surface area contributed by atoms with Gasteiger partial charge in [-0.1, -0.05) is 31.9 Å². The van der Waals surface area contributed by atoms with Crippen molar-refractivity contribution in [2.24, 2.45) is 5.92 Å². The van der Waals surface area contributed by atoms with Gasteiger partial charge in [-0.15, -0.1) is 0 Å². The van der Waals surface area contributed by atoms with Crippen molar-refractivity contribution >= 4 is 23.3 Å². The second-order valence-corrected chi connectivity index (χ2v) is 6.08. The van der Waals surface area contributed by atoms with Crippen LogP contribution < -0.4 is 5.32 Å². The minimum absolute atomic E-state index is 0.0463. The smallest absolute Gasteiger partial charge is 0.255 e. The number of hydrogen-bond donors (Lipinski definition) is 1. The summed E-state index contributed by atoms with van der Waals surface area (Å²) in [6.45, 7) is 6.80. The summed E-state index contributed by atoms with van der Waals surface area (Å²) in [6, 6.07) is 1.72. The third kappa shape index (κ3) is 4.10. The molecule has 0 bridgehead atoms. The molecule has 1 atom stereocenters. The molecule has 116 valence electrons. The van der Waals surface area contributed by atoms with Crippen LogP contribution >= 0.6 is 11.6 Å². The lowest BCUT2D eigenvalue weighted by Gasteiger charge is -2.17. The first-order valence-electron chi connectivity index (χ1n) is 7.84. The first-order valence-corrected chi connectivity index (χ1v) is 8.22. The highest BCUT2D eigenvalue weighted by atomic mass is 35.5. The number of halogens is 1. The predicted molar refractivity (Wildman–Crippen MR) is 86.9 cm³/mol. The molecule has 1 aliphatic heterocycles. The second-order valence-electron chi connectivity index (χ2n) is 5.68. The molecule has 1 unspecified atom stereocenters. The van der Waals surface area contributed by atoms with Crippen molar-refractivity contribution in [2.45, 2.75) is 39.5 Å². The quantitative estimate of drug-likeness (QED) is 0.869. The molecule has 0 aromatic carbocycles. The highest BCUT2D eigenvalue weighted by Gasteiger charge is 2.26. The van der Waals surface area contributed by atoms with Crippen molar-refractivity contribution in [3.63, 3.8) is 0 Å². The van der Waals surface area contributed by atoms with Gasteiger partial charge in [0, 0.05) is 25.8 Å². The summed E-state index contributed by atoms with van der Waals surface area (Å²) in [5, 5.41) is 3.67. The largest absolute Gasteiger partial charge is 0.369 e. The Kier molecular flexibility index (Phi) is 5.85. The van der Waals surface area contributed by atoms with Crippen LogP contribution in [0.1, 0.15) is 49.9 Å². The highest BCUT2D eigenvalue weighted by molar-refractivity contribution is 6.33. The first kappa shape index (κ1) is 16.1. The summed E-state index contributed by atoms with van der Waals surface area (Å²) in [5.74, 6) is 1.35. The van der Waals surface area contributed by atoms with Crippen LogP contribution in [0.25, 0.3) is 0 Å². The lowest BCUT2D eigenvalue weighted by molar-refractivity contribution is 0.0786. The lowest BCUT2D eigenvalue weighted by atomic mass is 10.0. The van der Waals surface area contributed by atoms with Gasteiger partial charge in [-0.25, -0.2) is 4.98 Å². The average molecular weight is 310 g/mol. The summed E-state index contributed by atoms with van der Waals surface area (Å²) < 4.78 is 0. The monoisotopic (exact) mass is 309 g/mol. The molecule has 2 heterocycles. The molecule has 1 amide bonds. The normalized spacial score (nSPS) is 18.0. The van der Waals surface area contributed by atoms with Crippen LogP contribution in [0.15, 0.2) is 12.3 Å². The maximum Gasteiger partial charge on any atom is 0.255 e. The number of hydrogen-bond acceptors (Lipinski definition) is 3. The van der Waals surface area contributed by atoms with E-state index in [4.69, 9.17) is 11.6 Å². The Balaban J connectivity index is 2.01. The summed E-state index contributed by atoms with van der Waals surface area (Å²) in [5.41, 5.74) is 0.583. The van der Waals surface area contributed by atoms with Gasteiger partial charge in [-0.05, 0) is 31.2 Å². The van der Waals surface area contributed by atoms with Crippen LogP contribution in [-0.2, 0) is 0 Å². The van der Waals surface area contributed by atoms with E-state index in [1.165, 1.54) is 12.8 Å². The number of rotatable bonds is 6. The van der Waals surface area contributed by atoms with Gasteiger partial charge in [0.05, 0.1) is 10.6 Å². The number of nitrogens with one attached hydrogen (secondary N) is 1. The number of likely N-dealkylation sites (tertiary alicyclic amines) is 1. The van der Waals surface area contributed by atoms with Crippen molar-refractivity contribution in [1.82, 2.24) is 9.88 Å². The minimum Gasteiger partial charge on any atom is -0.369 e. The van der Waals surface area contributed by atoms with Crippen LogP contribution in [0.5, 0.6) is 0 Å². The fraction of sp³-hybridized carbons (Fsp3) is 0.625. The Labute approximate surface area is 131 Å². The van der Waals surface area contributed by atoms with E-state index >= 15 is 0 Å². The number of nitrogens with zero attached hydrogens (tertiary/aromatic N) is 2. The predicted octanol–water partition coefficient (Wildman–Crippen LogP) is 3.82. The number of pyridine rings is 1. The molecule has 2 rings (SSSR count). The van der Waals surface area contributed by atoms with Gasteiger partial charge in [-0.2, -0.15) is 0 Å². The molecule has 0 radical (unpaired) electrons. The van der Waals surface area contributed by atoms with Crippen LogP contribution in [-0.4, -0.2) is 35.4 Å². The van der Waals surface area contributed by atoms with Crippen LogP contribution in [0, 0.1) is 5.92 Å². The Hall–Kier alpha value is -1.29. The third-order valence-electron chi connectivity index (χ3n) is 3.90. The zero-order valence-electron chi connectivity index (χ0n) is 12.9. The van der Waals surface area contributed by atoms with E-state index in [1.54, 1.807) is 12.3 Å². The van der Waals surface area contributed by atoms with E-state index in [0.29, 0.717) is 22.3 Å². The molecule has 1 aromatic heterocycles. The molecular formula is C16H24ClN3O. The van der Waals surface area contributed by atoms with Crippen molar-refractivity contribution < 1.29 is 4.79 Å². The summed E-state index contributed by atoms with van der Waals surface area (Å²) in [6.07, 6.45) is 6.11. The number of aromatic nitrogens is 1. The summed E-state index contributed by atoms with van der Waals surface area (Å²) in [4.78, 5) is 18.7. The van der Waals surface area contributed by atoms with Gasteiger partial charge in [0.25, 0.3) is 5.91 Å². The van der Waals surface area contributed by atoms with Crippen molar-refractivity contribution in [3.05, 3.63) is 22.8 Å². The molecule has 1 fully saturated rings. The van der Waals surface area contributed by atoms with E-state index < -0.39 is 0 Å². The second kappa shape index (κ2) is 7.64. The van der Waals surface area contributed by atoms with Crippen LogP contribution in [0.3, 0.4) is 0 Å². The molecule has 21 heavy (non-hydrogen) atoms. The number of carbonyl (C=O) groups excluding carboxylic acids is 1. The number of amides is 1. The van der Waals surface area contributed by atoms with Crippen LogP contribution in [0.2, 0.25) is 5.02 Å². The van der Waals surface area contributed by atoms with Gasteiger partial charge in [-0.3, -0.25) is 4.79 Å². The third-order valence-corrected chi connectivity index (χ3v) is 4.19. The van der Waals surface area contributed by atoms with E-state index in [2.05, 4.69) is 24.1 Å². The maximum absolute atomic E-state index is 12.5. The zero-order chi connectivity index (χ0) is 15.2. The first-order chi connectivity index (χ1) is 10.2. The van der Waals surface area contributed by atoms with E-state index in [-0.39, 0.29) is 5.91 Å². The highest BCUT2D eigenvalue weighted by Crippen LogP contribution is 2.25. The van der Waals surface area contributed by atoms with Gasteiger partial charge < -0.3 is 10.2 Å². The fourth-order valence-electron chi connectivity index (χ4n) is 2.77. The summed E-state index contributed by atoms with van der Waals surface area (Å²) >= 11 is 6.20. The topological polar surface area (TPSA) is 45.2 Å². The summed E-state index contributed by atoms with van der Waals surface area (Å²) in [7, 11) is 0. The SMILES string of the molecule is CCCNc1ncc(C(=O)N2CCC(CCC)C2)cc1Cl. The van der Waals surface area contributed by atoms with Crippen molar-refractivity contribution in [2.75, 3.05) is 25.0 Å². The Bertz CT molecular complexity index is 492. The van der Waals surface area contributed by atoms with Gasteiger partial charge in [0.15, 0.2) is 0 Å². The molecule has 4 nitrogen and oxygen atoms in total. The molecule has 0 saturated carbocycles. The molecule has 0 spiro atoms. The molecule has 1 aliphatic rings. The van der Waals surface area contributed by atoms with Gasteiger partial charge >= 0.3 is 0 Å². The average Bonchev–Trinajstić information content (AvgIpc) is 2.94. The molecule has 1 saturated heterocycles. The molecule has 1 aromatic rings. The zero-order valence-corrected chi connectivity index (χ0v) is 13.6. The number of carbonyl (C=O) groups is 1. The van der Waals surface area contributed by atoms with Crippen molar-refractivity contribution in [3.8, 4) is 0 Å². The molecule has 0 aliphatic carbocycles. The molecule has 1 N–H and O–H groups in total. The Morgan fingerprint density at radius 2 is 2.29 bits per heavy atom. The van der Waals surface area contributed by atoms with Crippen LogP contribution in [0.4, 0.5) is 5.82 Å².